The number of benzene rings is 1. The summed E-state index contributed by atoms with van der Waals surface area (Å²) in [6.45, 7) is 0.0398. The van der Waals surface area contributed by atoms with Gasteiger partial charge in [-0.2, -0.15) is 0 Å². The Kier molecular flexibility index (Phi) is 4.22. The van der Waals surface area contributed by atoms with Gasteiger partial charge >= 0.3 is 5.97 Å². The summed E-state index contributed by atoms with van der Waals surface area (Å²) in [6, 6.07) is 12.5. The Hall–Kier alpha value is -2.17. The zero-order chi connectivity index (χ0) is 15.5. The molecule has 0 atom stereocenters. The number of halogens is 2. The molecule has 4 nitrogen and oxygen atoms in total. The van der Waals surface area contributed by atoms with Crippen molar-refractivity contribution in [1.82, 2.24) is 9.97 Å². The molecule has 110 valence electrons. The first-order chi connectivity index (χ1) is 10.6. The van der Waals surface area contributed by atoms with Crippen molar-refractivity contribution in [2.24, 2.45) is 0 Å². The van der Waals surface area contributed by atoms with E-state index in [-0.39, 0.29) is 6.61 Å². The Balaban J connectivity index is 1.77. The number of fused-ring (bicyclic) bond motifs is 1. The van der Waals surface area contributed by atoms with Crippen molar-refractivity contribution in [1.29, 1.82) is 0 Å². The molecule has 0 aliphatic rings. The highest BCUT2D eigenvalue weighted by atomic mass is 35.5. The van der Waals surface area contributed by atoms with Gasteiger partial charge in [-0.3, -0.25) is 0 Å². The predicted molar refractivity (Wildman–Crippen MR) is 85.1 cm³/mol. The molecule has 0 aliphatic heterocycles. The number of ether oxygens (including phenoxy) is 1. The van der Waals surface area contributed by atoms with E-state index in [1.807, 2.05) is 30.3 Å². The second-order valence-corrected chi connectivity index (χ2v) is 5.32. The first-order valence-electron chi connectivity index (χ1n) is 6.46. The summed E-state index contributed by atoms with van der Waals surface area (Å²) in [6.07, 6.45) is 1.37. The molecular formula is C16H10Cl2N2O2. The first kappa shape index (κ1) is 14.8. The maximum absolute atomic E-state index is 11.9. The van der Waals surface area contributed by atoms with Crippen molar-refractivity contribution >= 4 is 40.1 Å². The van der Waals surface area contributed by atoms with Gasteiger partial charge in [0, 0.05) is 17.1 Å². The van der Waals surface area contributed by atoms with E-state index in [2.05, 4.69) is 9.97 Å². The molecule has 0 N–H and O–H groups in total. The minimum atomic E-state index is -0.492. The quantitative estimate of drug-likeness (QED) is 0.530. The lowest BCUT2D eigenvalue weighted by molar-refractivity contribution is 0.0472. The van der Waals surface area contributed by atoms with E-state index in [9.17, 15) is 4.79 Å². The van der Waals surface area contributed by atoms with Crippen molar-refractivity contribution in [3.63, 3.8) is 0 Å². The van der Waals surface area contributed by atoms with Gasteiger partial charge in [-0.15, -0.1) is 0 Å². The molecule has 2 aromatic heterocycles. The largest absolute Gasteiger partial charge is 0.457 e. The average molecular weight is 333 g/mol. The van der Waals surface area contributed by atoms with Crippen LogP contribution >= 0.6 is 23.2 Å². The molecular weight excluding hydrogens is 323 g/mol. The SMILES string of the molecule is O=C(OCc1cc2ccccc2nc1Cl)c1ccc(Cl)nc1. The smallest absolute Gasteiger partial charge is 0.340 e. The van der Waals surface area contributed by atoms with Crippen molar-refractivity contribution < 1.29 is 9.53 Å². The van der Waals surface area contributed by atoms with E-state index in [0.29, 0.717) is 21.4 Å². The van der Waals surface area contributed by atoms with Crippen LogP contribution in [0.25, 0.3) is 10.9 Å². The number of carbonyl (C=O) groups is 1. The summed E-state index contributed by atoms with van der Waals surface area (Å²) >= 11 is 11.8. The molecule has 0 bridgehead atoms. The highest BCUT2D eigenvalue weighted by Crippen LogP contribution is 2.21. The van der Waals surface area contributed by atoms with Crippen LogP contribution in [0.15, 0.2) is 48.7 Å². The van der Waals surface area contributed by atoms with Crippen LogP contribution in [0.5, 0.6) is 0 Å². The first-order valence-corrected chi connectivity index (χ1v) is 7.22. The number of aromatic nitrogens is 2. The number of hydrogen-bond acceptors (Lipinski definition) is 4. The van der Waals surface area contributed by atoms with Gasteiger partial charge in [0.2, 0.25) is 0 Å². The summed E-state index contributed by atoms with van der Waals surface area (Å²) in [7, 11) is 0. The summed E-state index contributed by atoms with van der Waals surface area (Å²) in [5.41, 5.74) is 1.77. The Morgan fingerprint density at radius 2 is 1.95 bits per heavy atom. The molecule has 0 unspecified atom stereocenters. The third-order valence-electron chi connectivity index (χ3n) is 3.07. The molecule has 3 rings (SSSR count). The van der Waals surface area contributed by atoms with E-state index >= 15 is 0 Å². The van der Waals surface area contributed by atoms with E-state index in [1.165, 1.54) is 12.3 Å². The summed E-state index contributed by atoms with van der Waals surface area (Å²) in [5, 5.41) is 1.57. The fourth-order valence-corrected chi connectivity index (χ4v) is 2.27. The van der Waals surface area contributed by atoms with Crippen LogP contribution in [-0.2, 0) is 11.3 Å². The highest BCUT2D eigenvalue weighted by Gasteiger charge is 2.11. The fraction of sp³-hybridized carbons (Fsp3) is 0.0625. The maximum atomic E-state index is 11.9. The lowest BCUT2D eigenvalue weighted by atomic mass is 10.2. The van der Waals surface area contributed by atoms with Crippen molar-refractivity contribution in [3.8, 4) is 0 Å². The van der Waals surface area contributed by atoms with Crippen LogP contribution in [0.2, 0.25) is 10.3 Å². The zero-order valence-electron chi connectivity index (χ0n) is 11.3. The summed E-state index contributed by atoms with van der Waals surface area (Å²) in [4.78, 5) is 20.1. The molecule has 2 heterocycles. The normalized spacial score (nSPS) is 10.6. The van der Waals surface area contributed by atoms with Gasteiger partial charge in [0.05, 0.1) is 11.1 Å². The molecule has 3 aromatic rings. The molecule has 0 aliphatic carbocycles. The second kappa shape index (κ2) is 6.30. The molecule has 0 saturated carbocycles. The highest BCUT2D eigenvalue weighted by molar-refractivity contribution is 6.30. The summed E-state index contributed by atoms with van der Waals surface area (Å²) < 4.78 is 5.24. The van der Waals surface area contributed by atoms with Gasteiger partial charge in [0.15, 0.2) is 0 Å². The Bertz CT molecular complexity index is 835. The minimum Gasteiger partial charge on any atom is -0.457 e. The van der Waals surface area contributed by atoms with Gasteiger partial charge < -0.3 is 4.74 Å². The number of para-hydroxylation sites is 1. The molecule has 0 saturated heterocycles. The molecule has 0 spiro atoms. The topological polar surface area (TPSA) is 52.1 Å². The third-order valence-corrected chi connectivity index (χ3v) is 3.62. The van der Waals surface area contributed by atoms with Crippen LogP contribution in [0, 0.1) is 0 Å². The number of nitrogens with zero attached hydrogens (tertiary/aromatic N) is 2. The predicted octanol–water partition coefficient (Wildman–Crippen LogP) is 4.29. The van der Waals surface area contributed by atoms with Gasteiger partial charge in [0.1, 0.15) is 16.9 Å². The number of rotatable bonds is 3. The van der Waals surface area contributed by atoms with Gasteiger partial charge in [-0.1, -0.05) is 41.4 Å². The van der Waals surface area contributed by atoms with E-state index in [1.54, 1.807) is 6.07 Å². The van der Waals surface area contributed by atoms with E-state index in [4.69, 9.17) is 27.9 Å². The summed E-state index contributed by atoms with van der Waals surface area (Å²) in [5.74, 6) is -0.492. The zero-order valence-corrected chi connectivity index (χ0v) is 12.8. The van der Waals surface area contributed by atoms with Crippen LogP contribution < -0.4 is 0 Å². The van der Waals surface area contributed by atoms with Crippen LogP contribution in [-0.4, -0.2) is 15.9 Å². The number of pyridine rings is 2. The molecule has 6 heteroatoms. The Morgan fingerprint density at radius 3 is 2.73 bits per heavy atom. The average Bonchev–Trinajstić information content (AvgIpc) is 2.53. The molecule has 0 fully saturated rings. The molecule has 0 radical (unpaired) electrons. The van der Waals surface area contributed by atoms with Gasteiger partial charge in [-0.05, 0) is 24.3 Å². The Labute approximate surface area is 136 Å². The molecule has 22 heavy (non-hydrogen) atoms. The molecule has 0 amide bonds. The van der Waals surface area contributed by atoms with Crippen molar-refractivity contribution in [2.45, 2.75) is 6.61 Å². The van der Waals surface area contributed by atoms with Crippen molar-refractivity contribution in [2.75, 3.05) is 0 Å². The van der Waals surface area contributed by atoms with E-state index < -0.39 is 5.97 Å². The number of hydrogen-bond donors (Lipinski definition) is 0. The van der Waals surface area contributed by atoms with Crippen LogP contribution in [0.1, 0.15) is 15.9 Å². The van der Waals surface area contributed by atoms with E-state index in [0.717, 1.165) is 10.9 Å². The lowest BCUT2D eigenvalue weighted by Crippen LogP contribution is -2.06. The fourth-order valence-electron chi connectivity index (χ4n) is 1.96. The van der Waals surface area contributed by atoms with Crippen molar-refractivity contribution in [3.05, 3.63) is 70.1 Å². The van der Waals surface area contributed by atoms with Crippen LogP contribution in [0.3, 0.4) is 0 Å². The minimum absolute atomic E-state index is 0.0398. The third kappa shape index (κ3) is 3.18. The maximum Gasteiger partial charge on any atom is 0.340 e. The lowest BCUT2D eigenvalue weighted by Gasteiger charge is -2.07. The van der Waals surface area contributed by atoms with Gasteiger partial charge in [-0.25, -0.2) is 14.8 Å². The number of carbonyl (C=O) groups excluding carboxylic acids is 1. The standard InChI is InChI=1S/C16H10Cl2N2O2/c17-14-6-5-11(8-19-14)16(21)22-9-12-7-10-3-1-2-4-13(10)20-15(12)18/h1-8H,9H2. The van der Waals surface area contributed by atoms with Gasteiger partial charge in [0.25, 0.3) is 0 Å². The molecule has 1 aromatic carbocycles. The number of esters is 1. The van der Waals surface area contributed by atoms with Crippen LogP contribution in [0.4, 0.5) is 0 Å². The Morgan fingerprint density at radius 1 is 1.14 bits per heavy atom. The second-order valence-electron chi connectivity index (χ2n) is 4.58. The monoisotopic (exact) mass is 332 g/mol.